The Balaban J connectivity index is 2.14. The SMILES string of the molecule is CCc1ccc(N=Cc2cc(Br)c(Br)o2)cc1. The van der Waals surface area contributed by atoms with Crippen molar-refractivity contribution in [1.29, 1.82) is 0 Å². The Morgan fingerprint density at radius 2 is 1.94 bits per heavy atom. The van der Waals surface area contributed by atoms with Gasteiger partial charge in [-0.2, -0.15) is 0 Å². The molecule has 4 heteroatoms. The average molecular weight is 357 g/mol. The van der Waals surface area contributed by atoms with E-state index in [9.17, 15) is 0 Å². The minimum absolute atomic E-state index is 0.681. The first-order valence-electron chi connectivity index (χ1n) is 5.27. The summed E-state index contributed by atoms with van der Waals surface area (Å²) in [4.78, 5) is 4.35. The second-order valence-electron chi connectivity index (χ2n) is 3.55. The zero-order chi connectivity index (χ0) is 12.3. The second kappa shape index (κ2) is 5.65. The number of aliphatic imine (C=N–C) groups is 1. The number of nitrogens with zero attached hydrogens (tertiary/aromatic N) is 1. The van der Waals surface area contributed by atoms with E-state index in [1.165, 1.54) is 5.56 Å². The molecule has 1 aromatic carbocycles. The highest BCUT2D eigenvalue weighted by Crippen LogP contribution is 2.26. The lowest BCUT2D eigenvalue weighted by Crippen LogP contribution is -1.78. The Labute approximate surface area is 117 Å². The molecule has 0 aliphatic heterocycles. The van der Waals surface area contributed by atoms with Gasteiger partial charge in [0.25, 0.3) is 0 Å². The van der Waals surface area contributed by atoms with E-state index in [-0.39, 0.29) is 0 Å². The van der Waals surface area contributed by atoms with Crippen molar-refractivity contribution in [2.75, 3.05) is 0 Å². The van der Waals surface area contributed by atoms with E-state index in [1.807, 2.05) is 18.2 Å². The van der Waals surface area contributed by atoms with Crippen LogP contribution < -0.4 is 0 Å². The van der Waals surface area contributed by atoms with E-state index in [0.717, 1.165) is 16.6 Å². The molecule has 17 heavy (non-hydrogen) atoms. The quantitative estimate of drug-likeness (QED) is 0.701. The predicted molar refractivity (Wildman–Crippen MR) is 77.2 cm³/mol. The Morgan fingerprint density at radius 3 is 2.47 bits per heavy atom. The lowest BCUT2D eigenvalue weighted by Gasteiger charge is -1.96. The number of furan rings is 1. The average Bonchev–Trinajstić information content (AvgIpc) is 2.67. The predicted octanol–water partition coefficient (Wildman–Crippen LogP) is 5.12. The van der Waals surface area contributed by atoms with Crippen molar-refractivity contribution in [2.45, 2.75) is 13.3 Å². The summed E-state index contributed by atoms with van der Waals surface area (Å²) in [5.41, 5.74) is 2.23. The normalized spacial score (nSPS) is 11.2. The molecule has 0 unspecified atom stereocenters. The molecular formula is C13H11Br2NO. The number of halogens is 2. The fourth-order valence-electron chi connectivity index (χ4n) is 1.38. The van der Waals surface area contributed by atoms with Gasteiger partial charge in [-0.25, -0.2) is 0 Å². The van der Waals surface area contributed by atoms with Gasteiger partial charge in [-0.05, 0) is 56.0 Å². The van der Waals surface area contributed by atoms with Gasteiger partial charge in [0.2, 0.25) is 0 Å². The number of rotatable bonds is 3. The third-order valence-electron chi connectivity index (χ3n) is 2.35. The molecule has 88 valence electrons. The van der Waals surface area contributed by atoms with Crippen LogP contribution in [0.15, 0.2) is 48.9 Å². The highest BCUT2D eigenvalue weighted by atomic mass is 79.9. The number of hydrogen-bond acceptors (Lipinski definition) is 2. The molecule has 0 saturated heterocycles. The zero-order valence-corrected chi connectivity index (χ0v) is 12.5. The fourth-order valence-corrected chi connectivity index (χ4v) is 1.99. The Bertz CT molecular complexity index is 509. The Hall–Kier alpha value is -0.870. The molecule has 0 saturated carbocycles. The smallest absolute Gasteiger partial charge is 0.184 e. The molecule has 2 aromatic rings. The Morgan fingerprint density at radius 1 is 1.24 bits per heavy atom. The second-order valence-corrected chi connectivity index (χ2v) is 5.12. The van der Waals surface area contributed by atoms with Crippen LogP contribution in [0.2, 0.25) is 0 Å². The summed E-state index contributed by atoms with van der Waals surface area (Å²) in [6, 6.07) is 10.0. The summed E-state index contributed by atoms with van der Waals surface area (Å²) in [6.07, 6.45) is 2.75. The van der Waals surface area contributed by atoms with E-state index >= 15 is 0 Å². The van der Waals surface area contributed by atoms with Crippen molar-refractivity contribution in [2.24, 2.45) is 4.99 Å². The van der Waals surface area contributed by atoms with Crippen molar-refractivity contribution in [3.63, 3.8) is 0 Å². The largest absolute Gasteiger partial charge is 0.447 e. The van der Waals surface area contributed by atoms with Gasteiger partial charge >= 0.3 is 0 Å². The molecule has 1 heterocycles. The molecule has 2 nitrogen and oxygen atoms in total. The minimum atomic E-state index is 0.681. The van der Waals surface area contributed by atoms with Gasteiger partial charge in [-0.15, -0.1) is 0 Å². The summed E-state index contributed by atoms with van der Waals surface area (Å²) in [5.74, 6) is 0.711. The summed E-state index contributed by atoms with van der Waals surface area (Å²) in [5, 5.41) is 0. The molecule has 0 spiro atoms. The van der Waals surface area contributed by atoms with Gasteiger partial charge in [-0.1, -0.05) is 19.1 Å². The molecule has 0 bridgehead atoms. The molecule has 0 aliphatic carbocycles. The van der Waals surface area contributed by atoms with Crippen molar-refractivity contribution < 1.29 is 4.42 Å². The highest BCUT2D eigenvalue weighted by Gasteiger charge is 2.03. The van der Waals surface area contributed by atoms with Crippen molar-refractivity contribution in [3.05, 3.63) is 50.8 Å². The van der Waals surface area contributed by atoms with Crippen LogP contribution in [0.4, 0.5) is 5.69 Å². The number of hydrogen-bond donors (Lipinski definition) is 0. The third kappa shape index (κ3) is 3.30. The van der Waals surface area contributed by atoms with Crippen LogP contribution in [0, 0.1) is 0 Å². The van der Waals surface area contributed by atoms with Crippen LogP contribution in [-0.2, 0) is 6.42 Å². The molecule has 0 aliphatic rings. The lowest BCUT2D eigenvalue weighted by atomic mass is 10.1. The van der Waals surface area contributed by atoms with Gasteiger partial charge < -0.3 is 4.42 Å². The molecular weight excluding hydrogens is 346 g/mol. The van der Waals surface area contributed by atoms with Gasteiger partial charge in [0.1, 0.15) is 5.76 Å². The standard InChI is InChI=1S/C13H11Br2NO/c1-2-9-3-5-10(6-4-9)16-8-11-7-12(14)13(15)17-11/h3-8H,2H2,1H3. The summed E-state index contributed by atoms with van der Waals surface area (Å²) in [6.45, 7) is 2.14. The van der Waals surface area contributed by atoms with E-state index in [0.29, 0.717) is 10.4 Å². The van der Waals surface area contributed by atoms with Crippen molar-refractivity contribution in [3.8, 4) is 0 Å². The molecule has 1 aromatic heterocycles. The molecule has 2 rings (SSSR count). The van der Waals surface area contributed by atoms with Crippen molar-refractivity contribution >= 4 is 43.8 Å². The zero-order valence-electron chi connectivity index (χ0n) is 9.28. The maximum absolute atomic E-state index is 5.40. The lowest BCUT2D eigenvalue weighted by molar-refractivity contribution is 0.533. The van der Waals surface area contributed by atoms with Crippen molar-refractivity contribution in [1.82, 2.24) is 0 Å². The first kappa shape index (κ1) is 12.6. The van der Waals surface area contributed by atoms with Crippen LogP contribution in [0.1, 0.15) is 18.2 Å². The van der Waals surface area contributed by atoms with E-state index in [4.69, 9.17) is 4.42 Å². The monoisotopic (exact) mass is 355 g/mol. The van der Waals surface area contributed by atoms with E-state index < -0.39 is 0 Å². The molecule has 0 radical (unpaired) electrons. The van der Waals surface area contributed by atoms with Gasteiger partial charge in [0.15, 0.2) is 4.67 Å². The number of aryl methyl sites for hydroxylation is 1. The number of benzene rings is 1. The van der Waals surface area contributed by atoms with E-state index in [2.05, 4.69) is 55.9 Å². The maximum Gasteiger partial charge on any atom is 0.184 e. The molecule has 0 atom stereocenters. The maximum atomic E-state index is 5.40. The van der Waals surface area contributed by atoms with Gasteiger partial charge in [0.05, 0.1) is 16.4 Å². The highest BCUT2D eigenvalue weighted by molar-refractivity contribution is 9.13. The Kier molecular flexibility index (Phi) is 4.18. The van der Waals surface area contributed by atoms with E-state index in [1.54, 1.807) is 6.21 Å². The van der Waals surface area contributed by atoms with Crippen LogP contribution in [0.3, 0.4) is 0 Å². The summed E-state index contributed by atoms with van der Waals surface area (Å²) < 4.78 is 6.97. The summed E-state index contributed by atoms with van der Waals surface area (Å²) in [7, 11) is 0. The van der Waals surface area contributed by atoms with Crippen LogP contribution >= 0.6 is 31.9 Å². The van der Waals surface area contributed by atoms with Crippen LogP contribution in [0.5, 0.6) is 0 Å². The fraction of sp³-hybridized carbons (Fsp3) is 0.154. The topological polar surface area (TPSA) is 25.5 Å². The molecule has 0 fully saturated rings. The van der Waals surface area contributed by atoms with Crippen LogP contribution in [-0.4, -0.2) is 6.21 Å². The van der Waals surface area contributed by atoms with Crippen LogP contribution in [0.25, 0.3) is 0 Å². The van der Waals surface area contributed by atoms with Gasteiger partial charge in [-0.3, -0.25) is 4.99 Å². The van der Waals surface area contributed by atoms with Gasteiger partial charge in [0, 0.05) is 6.07 Å². The summed E-state index contributed by atoms with van der Waals surface area (Å²) >= 11 is 6.64. The first-order chi connectivity index (χ1) is 8.19. The third-order valence-corrected chi connectivity index (χ3v) is 4.06. The first-order valence-corrected chi connectivity index (χ1v) is 6.85. The molecule has 0 N–H and O–H groups in total. The minimum Gasteiger partial charge on any atom is -0.447 e. The molecule has 0 amide bonds.